The number of likely N-dealkylation sites (tertiary alicyclic amines) is 1. The zero-order valence-electron chi connectivity index (χ0n) is 13.5. The van der Waals surface area contributed by atoms with Gasteiger partial charge in [-0.25, -0.2) is 4.79 Å². The molecule has 5 heteroatoms. The minimum atomic E-state index is -0.173. The third kappa shape index (κ3) is 3.39. The van der Waals surface area contributed by atoms with Crippen molar-refractivity contribution < 1.29 is 19.1 Å². The summed E-state index contributed by atoms with van der Waals surface area (Å²) in [6.45, 7) is 1.36. The van der Waals surface area contributed by atoms with Crippen molar-refractivity contribution in [3.8, 4) is 0 Å². The van der Waals surface area contributed by atoms with E-state index in [-0.39, 0.29) is 24.0 Å². The van der Waals surface area contributed by atoms with E-state index in [1.54, 1.807) is 0 Å². The lowest BCUT2D eigenvalue weighted by atomic mass is 9.90. The highest BCUT2D eigenvalue weighted by atomic mass is 16.6. The van der Waals surface area contributed by atoms with Crippen LogP contribution in [0, 0.1) is 17.8 Å². The molecule has 1 aliphatic heterocycles. The summed E-state index contributed by atoms with van der Waals surface area (Å²) in [5.74, 6) is 1.15. The molecule has 0 aromatic heterocycles. The van der Waals surface area contributed by atoms with Gasteiger partial charge in [-0.2, -0.15) is 0 Å². The number of nitrogens with zero attached hydrogens (tertiary/aromatic N) is 1. The lowest BCUT2D eigenvalue weighted by Gasteiger charge is -2.32. The molecular formula is C17H27NO4. The quantitative estimate of drug-likeness (QED) is 0.749. The normalized spacial score (nSPS) is 31.3. The second-order valence-electron chi connectivity index (χ2n) is 7.18. The summed E-state index contributed by atoms with van der Waals surface area (Å²) in [4.78, 5) is 25.7. The highest BCUT2D eigenvalue weighted by molar-refractivity contribution is 5.71. The van der Waals surface area contributed by atoms with Gasteiger partial charge in [-0.15, -0.1) is 0 Å². The fourth-order valence-corrected chi connectivity index (χ4v) is 4.51. The number of methoxy groups -OCH3 is 1. The number of hydrogen-bond acceptors (Lipinski definition) is 4. The fraction of sp³-hybridized carbons (Fsp3) is 0.882. The first kappa shape index (κ1) is 15.6. The second-order valence-corrected chi connectivity index (χ2v) is 7.18. The average Bonchev–Trinajstić information content (AvgIpc) is 3.13. The van der Waals surface area contributed by atoms with E-state index < -0.39 is 0 Å². The molecule has 3 aliphatic rings. The van der Waals surface area contributed by atoms with Crippen molar-refractivity contribution in [2.45, 2.75) is 57.4 Å². The second kappa shape index (κ2) is 6.88. The maximum Gasteiger partial charge on any atom is 0.410 e. The highest BCUT2D eigenvalue weighted by Gasteiger charge is 2.48. The molecule has 22 heavy (non-hydrogen) atoms. The van der Waals surface area contributed by atoms with Crippen molar-refractivity contribution in [1.82, 2.24) is 4.90 Å². The van der Waals surface area contributed by atoms with Crippen molar-refractivity contribution in [2.24, 2.45) is 17.8 Å². The summed E-state index contributed by atoms with van der Waals surface area (Å²) < 4.78 is 10.3. The number of ether oxygens (including phenoxy) is 2. The van der Waals surface area contributed by atoms with Crippen LogP contribution in [0.5, 0.6) is 0 Å². The smallest absolute Gasteiger partial charge is 0.410 e. The van der Waals surface area contributed by atoms with Gasteiger partial charge < -0.3 is 14.4 Å². The van der Waals surface area contributed by atoms with Crippen molar-refractivity contribution in [3.05, 3.63) is 0 Å². The van der Waals surface area contributed by atoms with E-state index in [0.717, 1.165) is 19.4 Å². The van der Waals surface area contributed by atoms with Gasteiger partial charge in [0.1, 0.15) is 0 Å². The van der Waals surface area contributed by atoms with Crippen molar-refractivity contribution >= 4 is 12.1 Å². The predicted octanol–water partition coefficient (Wildman–Crippen LogP) is 2.98. The van der Waals surface area contributed by atoms with Crippen LogP contribution in [0.2, 0.25) is 0 Å². The van der Waals surface area contributed by atoms with E-state index >= 15 is 0 Å². The molecule has 0 N–H and O–H groups in total. The van der Waals surface area contributed by atoms with Gasteiger partial charge in [0.25, 0.3) is 0 Å². The lowest BCUT2D eigenvalue weighted by Crippen LogP contribution is -2.43. The van der Waals surface area contributed by atoms with Crippen molar-refractivity contribution in [2.75, 3.05) is 20.3 Å². The molecule has 5 nitrogen and oxygen atoms in total. The molecular weight excluding hydrogens is 282 g/mol. The first-order valence-corrected chi connectivity index (χ1v) is 8.67. The van der Waals surface area contributed by atoms with Crippen LogP contribution < -0.4 is 0 Å². The Morgan fingerprint density at radius 1 is 1.14 bits per heavy atom. The Labute approximate surface area is 132 Å². The predicted molar refractivity (Wildman–Crippen MR) is 81.3 cm³/mol. The number of rotatable bonds is 4. The number of carbonyl (C=O) groups is 2. The van der Waals surface area contributed by atoms with Crippen LogP contribution >= 0.6 is 0 Å². The van der Waals surface area contributed by atoms with Gasteiger partial charge in [0, 0.05) is 12.6 Å². The molecule has 0 spiro atoms. The number of amides is 1. The fourth-order valence-electron chi connectivity index (χ4n) is 4.51. The maximum absolute atomic E-state index is 12.4. The maximum atomic E-state index is 12.4. The minimum absolute atomic E-state index is 0.169. The van der Waals surface area contributed by atoms with E-state index in [4.69, 9.17) is 9.47 Å². The number of fused-ring (bicyclic) bond motifs is 2. The standard InChI is InChI=1S/C17H27NO4/c1-21-16(19)9-14-7-13-8-15(14)18(10-13)17(20)22-11-12-5-3-2-4-6-12/h12-15H,2-11H2,1H3. The monoisotopic (exact) mass is 309 g/mol. The Hall–Kier alpha value is -1.26. The Kier molecular flexibility index (Phi) is 4.89. The number of piperidine rings is 1. The first-order chi connectivity index (χ1) is 10.7. The number of carbonyl (C=O) groups excluding carboxylic acids is 2. The summed E-state index contributed by atoms with van der Waals surface area (Å²) >= 11 is 0. The lowest BCUT2D eigenvalue weighted by molar-refractivity contribution is -0.142. The van der Waals surface area contributed by atoms with Gasteiger partial charge in [0.05, 0.1) is 20.1 Å². The molecule has 1 amide bonds. The third-order valence-electron chi connectivity index (χ3n) is 5.67. The SMILES string of the molecule is COC(=O)CC1CC2CC1N(C(=O)OCC1CCCCC1)C2. The highest BCUT2D eigenvalue weighted by Crippen LogP contribution is 2.43. The Morgan fingerprint density at radius 2 is 1.91 bits per heavy atom. The molecule has 1 saturated heterocycles. The minimum Gasteiger partial charge on any atom is -0.469 e. The zero-order valence-corrected chi connectivity index (χ0v) is 13.5. The summed E-state index contributed by atoms with van der Waals surface area (Å²) in [5, 5.41) is 0. The van der Waals surface area contributed by atoms with Crippen LogP contribution in [-0.4, -0.2) is 43.3 Å². The summed E-state index contributed by atoms with van der Waals surface area (Å²) in [7, 11) is 1.42. The summed E-state index contributed by atoms with van der Waals surface area (Å²) in [5.41, 5.74) is 0. The number of esters is 1. The molecule has 3 rings (SSSR count). The van der Waals surface area contributed by atoms with Gasteiger partial charge in [-0.3, -0.25) is 4.79 Å². The van der Waals surface area contributed by atoms with Crippen LogP contribution in [-0.2, 0) is 14.3 Å². The molecule has 0 aromatic carbocycles. The van der Waals surface area contributed by atoms with E-state index in [1.165, 1.54) is 39.2 Å². The molecule has 124 valence electrons. The van der Waals surface area contributed by atoms with Gasteiger partial charge >= 0.3 is 12.1 Å². The molecule has 2 aliphatic carbocycles. The van der Waals surface area contributed by atoms with Gasteiger partial charge in [-0.05, 0) is 43.4 Å². The molecule has 1 heterocycles. The largest absolute Gasteiger partial charge is 0.469 e. The molecule has 3 fully saturated rings. The summed E-state index contributed by atoms with van der Waals surface area (Å²) in [6, 6.07) is 0.169. The van der Waals surface area contributed by atoms with Gasteiger partial charge in [0.2, 0.25) is 0 Å². The van der Waals surface area contributed by atoms with E-state index in [2.05, 4.69) is 0 Å². The van der Waals surface area contributed by atoms with Gasteiger partial charge in [-0.1, -0.05) is 19.3 Å². The van der Waals surface area contributed by atoms with Crippen LogP contribution in [0.15, 0.2) is 0 Å². The Bertz CT molecular complexity index is 419. The van der Waals surface area contributed by atoms with E-state index in [1.807, 2.05) is 4.90 Å². The molecule has 2 bridgehead atoms. The van der Waals surface area contributed by atoms with Crippen LogP contribution in [0.1, 0.15) is 51.4 Å². The van der Waals surface area contributed by atoms with Crippen molar-refractivity contribution in [3.63, 3.8) is 0 Å². The van der Waals surface area contributed by atoms with E-state index in [9.17, 15) is 9.59 Å². The topological polar surface area (TPSA) is 55.8 Å². The van der Waals surface area contributed by atoms with Crippen LogP contribution in [0.4, 0.5) is 4.79 Å². The Balaban J connectivity index is 1.49. The van der Waals surface area contributed by atoms with Crippen LogP contribution in [0.3, 0.4) is 0 Å². The first-order valence-electron chi connectivity index (χ1n) is 8.67. The van der Waals surface area contributed by atoms with Crippen molar-refractivity contribution in [1.29, 1.82) is 0 Å². The number of hydrogen-bond donors (Lipinski definition) is 0. The summed E-state index contributed by atoms with van der Waals surface area (Å²) in [6.07, 6.45) is 8.50. The Morgan fingerprint density at radius 3 is 2.59 bits per heavy atom. The molecule has 0 aromatic rings. The molecule has 3 unspecified atom stereocenters. The third-order valence-corrected chi connectivity index (χ3v) is 5.67. The molecule has 3 atom stereocenters. The molecule has 0 radical (unpaired) electrons. The average molecular weight is 309 g/mol. The van der Waals surface area contributed by atoms with E-state index in [0.29, 0.717) is 24.9 Å². The zero-order chi connectivity index (χ0) is 15.5. The van der Waals surface area contributed by atoms with Crippen LogP contribution in [0.25, 0.3) is 0 Å². The molecule has 2 saturated carbocycles. The van der Waals surface area contributed by atoms with Gasteiger partial charge in [0.15, 0.2) is 0 Å².